The van der Waals surface area contributed by atoms with E-state index in [0.29, 0.717) is 22.5 Å². The fourth-order valence-electron chi connectivity index (χ4n) is 2.38. The van der Waals surface area contributed by atoms with Crippen LogP contribution in [0, 0.1) is 13.8 Å². The van der Waals surface area contributed by atoms with Crippen LogP contribution >= 0.6 is 0 Å². The van der Waals surface area contributed by atoms with Crippen LogP contribution in [-0.4, -0.2) is 35.4 Å². The van der Waals surface area contributed by atoms with Crippen LogP contribution in [-0.2, 0) is 20.2 Å². The van der Waals surface area contributed by atoms with Gasteiger partial charge in [-0.15, -0.1) is 0 Å². The molecule has 0 aliphatic carbocycles. The van der Waals surface area contributed by atoms with Crippen LogP contribution < -0.4 is 19.0 Å². The monoisotopic (exact) mass is 428 g/mol. The number of amides is 2. The molecule has 2 rings (SSSR count). The summed E-state index contributed by atoms with van der Waals surface area (Å²) in [5.74, 6) is 0.134. The summed E-state index contributed by atoms with van der Waals surface area (Å²) in [7, 11) is -7.41. The van der Waals surface area contributed by atoms with E-state index in [1.165, 1.54) is 24.3 Å². The lowest BCUT2D eigenvalue weighted by atomic mass is 10.2. The van der Waals surface area contributed by atoms with E-state index in [0.717, 1.165) is 12.5 Å². The number of carbonyl (C=O) groups excluding carboxylic acids is 1. The van der Waals surface area contributed by atoms with Gasteiger partial charge in [0, 0.05) is 23.5 Å². The molecule has 0 unspecified atom stereocenters. The van der Waals surface area contributed by atoms with Gasteiger partial charge in [-0.2, -0.15) is 16.8 Å². The Balaban J connectivity index is 2.16. The fourth-order valence-corrected chi connectivity index (χ4v) is 3.27. The predicted molar refractivity (Wildman–Crippen MR) is 106 cm³/mol. The third kappa shape index (κ3) is 7.45. The second-order valence-corrected chi connectivity index (χ2v) is 9.37. The number of benzene rings is 2. The Hall–Kier alpha value is -2.79. The average molecular weight is 428 g/mol. The van der Waals surface area contributed by atoms with Crippen LogP contribution in [0.4, 0.5) is 16.2 Å². The van der Waals surface area contributed by atoms with Crippen LogP contribution in [0.1, 0.15) is 11.1 Å². The van der Waals surface area contributed by atoms with E-state index >= 15 is 0 Å². The van der Waals surface area contributed by atoms with Gasteiger partial charge >= 0.3 is 26.3 Å². The topological polar surface area (TPSA) is 128 Å². The van der Waals surface area contributed by atoms with Crippen LogP contribution in [0.25, 0.3) is 0 Å². The van der Waals surface area contributed by atoms with Crippen molar-refractivity contribution in [2.24, 2.45) is 0 Å². The number of carbonyl (C=O) groups is 1. The Morgan fingerprint density at radius 3 is 1.39 bits per heavy atom. The molecule has 0 aliphatic heterocycles. The van der Waals surface area contributed by atoms with Gasteiger partial charge in [0.1, 0.15) is 11.5 Å². The van der Waals surface area contributed by atoms with Crippen LogP contribution in [0.2, 0.25) is 0 Å². The lowest BCUT2D eigenvalue weighted by Gasteiger charge is -2.12. The highest BCUT2D eigenvalue weighted by atomic mass is 32.2. The van der Waals surface area contributed by atoms with Crippen molar-refractivity contribution in [2.75, 3.05) is 23.1 Å². The Morgan fingerprint density at radius 2 is 1.07 bits per heavy atom. The van der Waals surface area contributed by atoms with Crippen LogP contribution in [0.3, 0.4) is 0 Å². The van der Waals surface area contributed by atoms with E-state index in [2.05, 4.69) is 10.6 Å². The summed E-state index contributed by atoms with van der Waals surface area (Å²) in [4.78, 5) is 12.3. The molecule has 28 heavy (non-hydrogen) atoms. The third-order valence-corrected chi connectivity index (χ3v) is 4.10. The number of aryl methyl sites for hydroxylation is 2. The molecule has 0 spiro atoms. The van der Waals surface area contributed by atoms with Crippen molar-refractivity contribution >= 4 is 37.6 Å². The molecule has 2 aromatic carbocycles. The summed E-state index contributed by atoms with van der Waals surface area (Å²) >= 11 is 0. The Labute approximate surface area is 163 Å². The van der Waals surface area contributed by atoms with Gasteiger partial charge in [-0.3, -0.25) is 0 Å². The molecule has 2 amide bonds. The normalized spacial score (nSPS) is 11.6. The Kier molecular flexibility index (Phi) is 6.20. The highest BCUT2D eigenvalue weighted by molar-refractivity contribution is 7.86. The molecule has 2 aromatic rings. The van der Waals surface area contributed by atoms with Crippen molar-refractivity contribution in [3.05, 3.63) is 47.5 Å². The van der Waals surface area contributed by atoms with Gasteiger partial charge in [0.25, 0.3) is 0 Å². The molecule has 0 saturated carbocycles. The highest BCUT2D eigenvalue weighted by Crippen LogP contribution is 2.24. The first kappa shape index (κ1) is 21.5. The first-order valence-corrected chi connectivity index (χ1v) is 11.5. The molecule has 0 aromatic heterocycles. The van der Waals surface area contributed by atoms with Crippen molar-refractivity contribution in [3.63, 3.8) is 0 Å². The maximum atomic E-state index is 12.3. The summed E-state index contributed by atoms with van der Waals surface area (Å²) in [6.07, 6.45) is 1.84. The number of anilines is 2. The molecule has 0 fully saturated rings. The maximum Gasteiger partial charge on any atom is 0.323 e. The van der Waals surface area contributed by atoms with E-state index in [-0.39, 0.29) is 11.5 Å². The number of hydrogen-bond donors (Lipinski definition) is 2. The molecule has 11 heteroatoms. The Morgan fingerprint density at radius 1 is 0.714 bits per heavy atom. The van der Waals surface area contributed by atoms with Gasteiger partial charge < -0.3 is 19.0 Å². The van der Waals surface area contributed by atoms with Crippen molar-refractivity contribution in [2.45, 2.75) is 13.8 Å². The lowest BCUT2D eigenvalue weighted by Crippen LogP contribution is -2.19. The van der Waals surface area contributed by atoms with E-state index in [4.69, 9.17) is 8.37 Å². The molecule has 0 heterocycles. The molecule has 0 radical (unpaired) electrons. The second kappa shape index (κ2) is 8.07. The molecule has 0 aliphatic rings. The molecule has 152 valence electrons. The van der Waals surface area contributed by atoms with E-state index in [9.17, 15) is 21.6 Å². The SMILES string of the molecule is Cc1cc(NC(=O)Nc2cc(C)cc(OS(C)(=O)=O)c2)cc(OS(C)(=O)=O)c1. The maximum absolute atomic E-state index is 12.3. The lowest BCUT2D eigenvalue weighted by molar-refractivity contribution is 0.262. The minimum absolute atomic E-state index is 0.0668. The summed E-state index contributed by atoms with van der Waals surface area (Å²) in [5, 5.41) is 5.12. The molecule has 0 atom stereocenters. The fraction of sp³-hybridized carbons (Fsp3) is 0.235. The average Bonchev–Trinajstić information content (AvgIpc) is 2.41. The summed E-state index contributed by atoms with van der Waals surface area (Å²) in [6, 6.07) is 8.39. The largest absolute Gasteiger partial charge is 0.383 e. The molecule has 0 saturated heterocycles. The summed E-state index contributed by atoms with van der Waals surface area (Å²) < 4.78 is 54.7. The van der Waals surface area contributed by atoms with E-state index in [1.54, 1.807) is 26.0 Å². The van der Waals surface area contributed by atoms with Crippen molar-refractivity contribution < 1.29 is 30.0 Å². The summed E-state index contributed by atoms with van der Waals surface area (Å²) in [5.41, 5.74) is 1.99. The molecule has 0 bridgehead atoms. The highest BCUT2D eigenvalue weighted by Gasteiger charge is 2.11. The van der Waals surface area contributed by atoms with E-state index < -0.39 is 26.3 Å². The third-order valence-electron chi connectivity index (χ3n) is 3.11. The zero-order valence-corrected chi connectivity index (χ0v) is 17.3. The quantitative estimate of drug-likeness (QED) is 0.677. The van der Waals surface area contributed by atoms with Crippen molar-refractivity contribution in [3.8, 4) is 11.5 Å². The zero-order valence-electron chi connectivity index (χ0n) is 15.6. The van der Waals surface area contributed by atoms with Crippen molar-refractivity contribution in [1.82, 2.24) is 0 Å². The van der Waals surface area contributed by atoms with Crippen LogP contribution in [0.15, 0.2) is 36.4 Å². The number of nitrogens with one attached hydrogen (secondary N) is 2. The van der Waals surface area contributed by atoms with Gasteiger partial charge in [0.15, 0.2) is 0 Å². The van der Waals surface area contributed by atoms with E-state index in [1.807, 2.05) is 0 Å². The molecular weight excluding hydrogens is 408 g/mol. The van der Waals surface area contributed by atoms with Gasteiger partial charge in [0.05, 0.1) is 12.5 Å². The smallest absolute Gasteiger partial charge is 0.323 e. The zero-order chi connectivity index (χ0) is 21.1. The van der Waals surface area contributed by atoms with Crippen LogP contribution in [0.5, 0.6) is 11.5 Å². The number of hydrogen-bond acceptors (Lipinski definition) is 7. The minimum Gasteiger partial charge on any atom is -0.383 e. The number of rotatable bonds is 6. The number of urea groups is 1. The first-order chi connectivity index (χ1) is 12.8. The van der Waals surface area contributed by atoms with Gasteiger partial charge in [-0.05, 0) is 49.2 Å². The molecular formula is C17H20N2O7S2. The summed E-state index contributed by atoms with van der Waals surface area (Å²) in [6.45, 7) is 3.43. The van der Waals surface area contributed by atoms with Crippen molar-refractivity contribution in [1.29, 1.82) is 0 Å². The Bertz CT molecular complexity index is 1020. The van der Waals surface area contributed by atoms with Gasteiger partial charge in [-0.25, -0.2) is 4.79 Å². The molecule has 9 nitrogen and oxygen atoms in total. The minimum atomic E-state index is -3.70. The molecule has 2 N–H and O–H groups in total. The first-order valence-electron chi connectivity index (χ1n) is 7.89. The van der Waals surface area contributed by atoms with Gasteiger partial charge in [-0.1, -0.05) is 0 Å². The van der Waals surface area contributed by atoms with Gasteiger partial charge in [0.2, 0.25) is 0 Å². The predicted octanol–water partition coefficient (Wildman–Crippen LogP) is 2.62. The standard InChI is InChI=1S/C17H20N2O7S2/c1-11-5-13(9-15(7-11)25-27(3,21)22)18-17(20)19-14-6-12(2)8-16(10-14)26-28(4,23)24/h5-10H,1-4H3,(H2,18,19,20). The second-order valence-electron chi connectivity index (χ2n) is 6.22.